The van der Waals surface area contributed by atoms with E-state index in [2.05, 4.69) is 17.6 Å². The molecule has 2 saturated carbocycles. The van der Waals surface area contributed by atoms with E-state index in [-0.39, 0.29) is 0 Å². The summed E-state index contributed by atoms with van der Waals surface area (Å²) >= 11 is 0. The van der Waals surface area contributed by atoms with Gasteiger partial charge in [0.25, 0.3) is 0 Å². The maximum absolute atomic E-state index is 12.0. The lowest BCUT2D eigenvalue weighted by atomic mass is 9.93. The van der Waals surface area contributed by atoms with E-state index in [9.17, 15) is 4.79 Å². The van der Waals surface area contributed by atoms with Gasteiger partial charge in [0.2, 0.25) is 0 Å². The Bertz CT molecular complexity index is 513. The third kappa shape index (κ3) is 1.38. The second-order valence-corrected chi connectivity index (χ2v) is 6.54. The molecule has 0 radical (unpaired) electrons. The van der Waals surface area contributed by atoms with E-state index in [1.165, 1.54) is 37.1 Å². The first-order chi connectivity index (χ1) is 8.74. The molecule has 0 amide bonds. The van der Waals surface area contributed by atoms with Gasteiger partial charge in [0.1, 0.15) is 0 Å². The molecule has 0 N–H and O–H groups in total. The molecule has 96 valence electrons. The van der Waals surface area contributed by atoms with Crippen LogP contribution in [0.25, 0.3) is 0 Å². The fraction of sp³-hybridized carbons (Fsp3) is 0.688. The highest BCUT2D eigenvalue weighted by molar-refractivity contribution is 5.98. The van der Waals surface area contributed by atoms with Crippen molar-refractivity contribution in [2.24, 2.45) is 11.8 Å². The minimum Gasteiger partial charge on any atom is -0.345 e. The summed E-state index contributed by atoms with van der Waals surface area (Å²) in [6.07, 6.45) is 8.58. The molecule has 0 aromatic carbocycles. The average Bonchev–Trinajstić information content (AvgIpc) is 3.02. The number of rotatable bonds is 1. The van der Waals surface area contributed by atoms with Crippen LogP contribution in [0.1, 0.15) is 66.3 Å². The van der Waals surface area contributed by atoms with Gasteiger partial charge < -0.3 is 4.57 Å². The van der Waals surface area contributed by atoms with E-state index in [1.807, 2.05) is 0 Å². The van der Waals surface area contributed by atoms with Crippen molar-refractivity contribution in [3.8, 4) is 0 Å². The van der Waals surface area contributed by atoms with E-state index in [0.717, 1.165) is 36.7 Å². The SMILES string of the molecule is Cc1cc2c(n1C1CC3CCC1C3)CCCC2=O. The molecule has 18 heavy (non-hydrogen) atoms. The summed E-state index contributed by atoms with van der Waals surface area (Å²) < 4.78 is 2.55. The number of ketones is 1. The molecule has 3 aliphatic rings. The van der Waals surface area contributed by atoms with Gasteiger partial charge in [0.05, 0.1) is 0 Å². The van der Waals surface area contributed by atoms with Gasteiger partial charge in [0, 0.05) is 29.4 Å². The van der Waals surface area contributed by atoms with Gasteiger partial charge in [-0.3, -0.25) is 4.79 Å². The number of aromatic nitrogens is 1. The van der Waals surface area contributed by atoms with Crippen molar-refractivity contribution in [3.05, 3.63) is 23.0 Å². The zero-order valence-corrected chi connectivity index (χ0v) is 11.1. The summed E-state index contributed by atoms with van der Waals surface area (Å²) in [6.45, 7) is 2.19. The molecule has 0 aliphatic heterocycles. The van der Waals surface area contributed by atoms with Gasteiger partial charge in [-0.15, -0.1) is 0 Å². The van der Waals surface area contributed by atoms with Gasteiger partial charge >= 0.3 is 0 Å². The molecular formula is C16H21NO. The fourth-order valence-corrected chi connectivity index (χ4v) is 4.74. The Morgan fingerprint density at radius 3 is 2.83 bits per heavy atom. The maximum atomic E-state index is 12.0. The van der Waals surface area contributed by atoms with Crippen LogP contribution < -0.4 is 0 Å². The summed E-state index contributed by atoms with van der Waals surface area (Å²) in [7, 11) is 0. The molecule has 2 nitrogen and oxygen atoms in total. The number of carbonyl (C=O) groups excluding carboxylic acids is 1. The van der Waals surface area contributed by atoms with Crippen molar-refractivity contribution in [1.82, 2.24) is 4.57 Å². The molecule has 1 aromatic heterocycles. The Morgan fingerprint density at radius 2 is 2.11 bits per heavy atom. The number of hydrogen-bond donors (Lipinski definition) is 0. The molecule has 2 heteroatoms. The number of fused-ring (bicyclic) bond motifs is 3. The number of aryl methyl sites for hydroxylation is 1. The van der Waals surface area contributed by atoms with Gasteiger partial charge in [-0.05, 0) is 56.9 Å². The molecule has 1 heterocycles. The van der Waals surface area contributed by atoms with E-state index >= 15 is 0 Å². The van der Waals surface area contributed by atoms with Crippen molar-refractivity contribution in [1.29, 1.82) is 0 Å². The predicted octanol–water partition coefficient (Wildman–Crippen LogP) is 3.68. The van der Waals surface area contributed by atoms with Crippen LogP contribution >= 0.6 is 0 Å². The first-order valence-corrected chi connectivity index (χ1v) is 7.48. The molecule has 2 fully saturated rings. The Hall–Kier alpha value is -1.05. The topological polar surface area (TPSA) is 22.0 Å². The number of carbonyl (C=O) groups is 1. The van der Waals surface area contributed by atoms with Crippen LogP contribution in [0.3, 0.4) is 0 Å². The second-order valence-electron chi connectivity index (χ2n) is 6.54. The van der Waals surface area contributed by atoms with Crippen LogP contribution in [0.5, 0.6) is 0 Å². The van der Waals surface area contributed by atoms with Gasteiger partial charge in [-0.1, -0.05) is 6.42 Å². The molecular weight excluding hydrogens is 222 g/mol. The first kappa shape index (κ1) is 10.8. The summed E-state index contributed by atoms with van der Waals surface area (Å²) in [5.41, 5.74) is 3.73. The molecule has 2 bridgehead atoms. The van der Waals surface area contributed by atoms with Gasteiger partial charge in [0.15, 0.2) is 5.78 Å². The number of nitrogens with zero attached hydrogens (tertiary/aromatic N) is 1. The quantitative estimate of drug-likeness (QED) is 0.737. The van der Waals surface area contributed by atoms with E-state index in [0.29, 0.717) is 11.8 Å². The van der Waals surface area contributed by atoms with Crippen molar-refractivity contribution >= 4 is 5.78 Å². The zero-order chi connectivity index (χ0) is 12.3. The lowest BCUT2D eigenvalue weighted by molar-refractivity contribution is 0.0971. The third-order valence-corrected chi connectivity index (χ3v) is 5.49. The smallest absolute Gasteiger partial charge is 0.164 e. The third-order valence-electron chi connectivity index (χ3n) is 5.49. The van der Waals surface area contributed by atoms with E-state index in [4.69, 9.17) is 0 Å². The van der Waals surface area contributed by atoms with Crippen molar-refractivity contribution in [2.75, 3.05) is 0 Å². The summed E-state index contributed by atoms with van der Waals surface area (Å²) in [6, 6.07) is 2.86. The summed E-state index contributed by atoms with van der Waals surface area (Å²) in [5, 5.41) is 0. The van der Waals surface area contributed by atoms with Crippen molar-refractivity contribution in [3.63, 3.8) is 0 Å². The van der Waals surface area contributed by atoms with Gasteiger partial charge in [-0.25, -0.2) is 0 Å². The van der Waals surface area contributed by atoms with Crippen LogP contribution in [0.2, 0.25) is 0 Å². The highest BCUT2D eigenvalue weighted by Crippen LogP contribution is 2.52. The normalized spacial score (nSPS) is 34.1. The molecule has 3 aliphatic carbocycles. The molecule has 0 spiro atoms. The Labute approximate surface area is 108 Å². The number of Topliss-reactive ketones (excluding diaryl/α,β-unsaturated/α-hetero) is 1. The maximum Gasteiger partial charge on any atom is 0.164 e. The zero-order valence-electron chi connectivity index (χ0n) is 11.1. The minimum absolute atomic E-state index is 0.376. The van der Waals surface area contributed by atoms with E-state index in [1.54, 1.807) is 0 Å². The lowest BCUT2D eigenvalue weighted by Crippen LogP contribution is -2.21. The Balaban J connectivity index is 1.79. The largest absolute Gasteiger partial charge is 0.345 e. The molecule has 0 saturated heterocycles. The Morgan fingerprint density at radius 1 is 1.22 bits per heavy atom. The summed E-state index contributed by atoms with van der Waals surface area (Å²) in [4.78, 5) is 12.0. The average molecular weight is 243 g/mol. The second kappa shape index (κ2) is 3.72. The van der Waals surface area contributed by atoms with Crippen LogP contribution in [-0.4, -0.2) is 10.4 Å². The fourth-order valence-electron chi connectivity index (χ4n) is 4.74. The van der Waals surface area contributed by atoms with Crippen LogP contribution in [0, 0.1) is 18.8 Å². The number of hydrogen-bond acceptors (Lipinski definition) is 1. The molecule has 3 atom stereocenters. The van der Waals surface area contributed by atoms with Crippen LogP contribution in [0.15, 0.2) is 6.07 Å². The standard InChI is InChI=1S/C16H21NO/c1-10-7-13-14(3-2-4-16(13)18)17(10)15-9-11-5-6-12(15)8-11/h7,11-12,15H,2-6,8-9H2,1H3. The van der Waals surface area contributed by atoms with Crippen molar-refractivity contribution in [2.45, 2.75) is 57.9 Å². The first-order valence-electron chi connectivity index (χ1n) is 7.48. The van der Waals surface area contributed by atoms with Crippen LogP contribution in [0.4, 0.5) is 0 Å². The highest BCUT2D eigenvalue weighted by Gasteiger charge is 2.42. The van der Waals surface area contributed by atoms with Crippen molar-refractivity contribution < 1.29 is 4.79 Å². The van der Waals surface area contributed by atoms with Crippen LogP contribution in [-0.2, 0) is 6.42 Å². The van der Waals surface area contributed by atoms with Gasteiger partial charge in [-0.2, -0.15) is 0 Å². The highest BCUT2D eigenvalue weighted by atomic mass is 16.1. The Kier molecular flexibility index (Phi) is 2.24. The molecule has 1 aromatic rings. The molecule has 3 unspecified atom stereocenters. The monoisotopic (exact) mass is 243 g/mol. The predicted molar refractivity (Wildman–Crippen MR) is 70.9 cm³/mol. The minimum atomic E-state index is 0.376. The molecule has 4 rings (SSSR count). The van der Waals surface area contributed by atoms with E-state index < -0.39 is 0 Å². The lowest BCUT2D eigenvalue weighted by Gasteiger charge is -2.28. The summed E-state index contributed by atoms with van der Waals surface area (Å²) in [5.74, 6) is 2.24.